The number of Topliss-reactive ketones (excluding diaryl/α,β-unsaturated/α-hetero) is 1. The third kappa shape index (κ3) is 6.45. The maximum atomic E-state index is 13.4. The van der Waals surface area contributed by atoms with Crippen LogP contribution in [-0.2, 0) is 21.6 Å². The zero-order chi connectivity index (χ0) is 29.0. The number of ether oxygens (including phenoxy) is 1. The summed E-state index contributed by atoms with van der Waals surface area (Å²) in [4.78, 5) is 30.4. The first kappa shape index (κ1) is 29.1. The van der Waals surface area contributed by atoms with Gasteiger partial charge in [-0.1, -0.05) is 75.4 Å². The van der Waals surface area contributed by atoms with Gasteiger partial charge in [0.05, 0.1) is 11.6 Å². The average Bonchev–Trinajstić information content (AvgIpc) is 3.16. The van der Waals surface area contributed by atoms with Crippen LogP contribution in [0.25, 0.3) is 5.76 Å². The molecule has 3 aromatic carbocycles. The summed E-state index contributed by atoms with van der Waals surface area (Å²) in [6.07, 6.45) is 0.711. The number of carbonyl (C=O) groups excluding carboxylic acids is 2. The molecule has 1 aliphatic heterocycles. The fraction of sp³-hybridized carbons (Fsp3) is 0.353. The van der Waals surface area contributed by atoms with Crippen LogP contribution in [0, 0.1) is 6.92 Å². The molecule has 1 heterocycles. The normalized spacial score (nSPS) is 17.1. The minimum atomic E-state index is -0.662. The van der Waals surface area contributed by atoms with E-state index < -0.39 is 17.7 Å². The Balaban J connectivity index is 1.70. The van der Waals surface area contributed by atoms with Crippen LogP contribution in [0.15, 0.2) is 78.4 Å². The molecule has 6 heteroatoms. The molecule has 4 rings (SSSR count). The van der Waals surface area contributed by atoms with Gasteiger partial charge in [-0.15, -0.1) is 0 Å². The molecular weight excluding hydrogens is 500 g/mol. The molecule has 1 amide bonds. The number of rotatable bonds is 9. The third-order valence-electron chi connectivity index (χ3n) is 7.34. The van der Waals surface area contributed by atoms with E-state index in [1.165, 1.54) is 0 Å². The molecular formula is C34H40N2O4. The number of amides is 1. The predicted octanol–water partition coefficient (Wildman–Crippen LogP) is 6.24. The van der Waals surface area contributed by atoms with Gasteiger partial charge in [0.1, 0.15) is 18.1 Å². The highest BCUT2D eigenvalue weighted by molar-refractivity contribution is 6.46. The van der Waals surface area contributed by atoms with Crippen molar-refractivity contribution in [2.24, 2.45) is 0 Å². The Kier molecular flexibility index (Phi) is 8.79. The maximum Gasteiger partial charge on any atom is 0.295 e. The van der Waals surface area contributed by atoms with E-state index in [4.69, 9.17) is 4.74 Å². The lowest BCUT2D eigenvalue weighted by molar-refractivity contribution is -0.139. The molecule has 1 saturated heterocycles. The standard InChI is InChI=1S/C34H40N2O4/c1-23-21-27(40-22-24-11-8-7-9-12-24)17-18-28(23)31(37)29-30(25-13-15-26(16-14-25)34(2,3)4)36(33(39)32(29)38)20-10-19-35(5)6/h7-9,11-18,21,30,37H,10,19-20,22H2,1-6H3/t30-/m1/s1. The van der Waals surface area contributed by atoms with E-state index >= 15 is 0 Å². The van der Waals surface area contributed by atoms with E-state index in [9.17, 15) is 14.7 Å². The second kappa shape index (κ2) is 12.1. The second-order valence-corrected chi connectivity index (χ2v) is 11.8. The average molecular weight is 541 g/mol. The Hall–Kier alpha value is -3.90. The molecule has 40 heavy (non-hydrogen) atoms. The molecule has 0 saturated carbocycles. The SMILES string of the molecule is Cc1cc(OCc2ccccc2)ccc1C(O)=C1C(=O)C(=O)N(CCCN(C)C)[C@@H]1c1ccc(C(C)(C)C)cc1. The fourth-order valence-corrected chi connectivity index (χ4v) is 5.06. The Morgan fingerprint density at radius 2 is 1.65 bits per heavy atom. The van der Waals surface area contributed by atoms with Gasteiger partial charge in [-0.2, -0.15) is 0 Å². The molecule has 3 aromatic rings. The lowest BCUT2D eigenvalue weighted by atomic mass is 9.85. The zero-order valence-electron chi connectivity index (χ0n) is 24.4. The van der Waals surface area contributed by atoms with Crippen LogP contribution in [-0.4, -0.2) is 53.8 Å². The van der Waals surface area contributed by atoms with Crippen molar-refractivity contribution in [1.29, 1.82) is 0 Å². The number of likely N-dealkylation sites (tertiary alicyclic amines) is 1. The largest absolute Gasteiger partial charge is 0.507 e. The van der Waals surface area contributed by atoms with Crippen molar-refractivity contribution >= 4 is 17.4 Å². The highest BCUT2D eigenvalue weighted by Gasteiger charge is 2.46. The van der Waals surface area contributed by atoms with Crippen molar-refractivity contribution in [2.75, 3.05) is 27.2 Å². The minimum absolute atomic E-state index is 0.0342. The molecule has 0 bridgehead atoms. The minimum Gasteiger partial charge on any atom is -0.507 e. The summed E-state index contributed by atoms with van der Waals surface area (Å²) in [5, 5.41) is 11.6. The Morgan fingerprint density at radius 3 is 2.25 bits per heavy atom. The topological polar surface area (TPSA) is 70.1 Å². The van der Waals surface area contributed by atoms with Crippen LogP contribution in [0.5, 0.6) is 5.75 Å². The van der Waals surface area contributed by atoms with Gasteiger partial charge in [0.15, 0.2) is 0 Å². The van der Waals surface area contributed by atoms with E-state index in [2.05, 4.69) is 25.7 Å². The quantitative estimate of drug-likeness (QED) is 0.198. The first-order valence-corrected chi connectivity index (χ1v) is 13.8. The van der Waals surface area contributed by atoms with Crippen LogP contribution < -0.4 is 4.74 Å². The van der Waals surface area contributed by atoms with Crippen molar-refractivity contribution in [3.8, 4) is 5.75 Å². The van der Waals surface area contributed by atoms with Crippen LogP contribution >= 0.6 is 0 Å². The summed E-state index contributed by atoms with van der Waals surface area (Å²) < 4.78 is 5.95. The number of nitrogens with zero attached hydrogens (tertiary/aromatic N) is 2. The van der Waals surface area contributed by atoms with Gasteiger partial charge in [0.25, 0.3) is 11.7 Å². The number of aryl methyl sites for hydroxylation is 1. The van der Waals surface area contributed by atoms with Gasteiger partial charge >= 0.3 is 0 Å². The molecule has 0 aliphatic carbocycles. The van der Waals surface area contributed by atoms with Crippen molar-refractivity contribution < 1.29 is 19.4 Å². The van der Waals surface area contributed by atoms with Crippen LogP contribution in [0.1, 0.15) is 61.1 Å². The van der Waals surface area contributed by atoms with Gasteiger partial charge in [0, 0.05) is 12.1 Å². The number of benzene rings is 3. The summed E-state index contributed by atoms with van der Waals surface area (Å²) in [6.45, 7) is 9.92. The molecule has 0 spiro atoms. The maximum absolute atomic E-state index is 13.4. The van der Waals surface area contributed by atoms with Crippen molar-refractivity contribution in [2.45, 2.75) is 52.2 Å². The Morgan fingerprint density at radius 1 is 0.975 bits per heavy atom. The van der Waals surface area contributed by atoms with Crippen LogP contribution in [0.3, 0.4) is 0 Å². The van der Waals surface area contributed by atoms with Gasteiger partial charge < -0.3 is 19.6 Å². The lowest BCUT2D eigenvalue weighted by Gasteiger charge is -2.27. The smallest absolute Gasteiger partial charge is 0.295 e. The van der Waals surface area contributed by atoms with E-state index in [0.717, 1.165) is 28.8 Å². The Bertz CT molecular complexity index is 1390. The highest BCUT2D eigenvalue weighted by atomic mass is 16.5. The fourth-order valence-electron chi connectivity index (χ4n) is 5.06. The number of aliphatic hydroxyl groups excluding tert-OH is 1. The van der Waals surface area contributed by atoms with Gasteiger partial charge in [-0.25, -0.2) is 0 Å². The number of hydrogen-bond acceptors (Lipinski definition) is 5. The van der Waals surface area contributed by atoms with Crippen molar-refractivity contribution in [3.05, 3.63) is 106 Å². The molecule has 6 nitrogen and oxygen atoms in total. The summed E-state index contributed by atoms with van der Waals surface area (Å²) in [5.41, 5.74) is 4.37. The summed E-state index contributed by atoms with van der Waals surface area (Å²) in [5.74, 6) is -0.733. The van der Waals surface area contributed by atoms with Gasteiger partial charge in [-0.05, 0) is 79.9 Å². The molecule has 210 valence electrons. The van der Waals surface area contributed by atoms with Crippen LogP contribution in [0.2, 0.25) is 0 Å². The molecule has 0 aromatic heterocycles. The van der Waals surface area contributed by atoms with E-state index in [-0.39, 0.29) is 16.7 Å². The van der Waals surface area contributed by atoms with Crippen LogP contribution in [0.4, 0.5) is 0 Å². The number of hydrogen-bond donors (Lipinski definition) is 1. The monoisotopic (exact) mass is 540 g/mol. The third-order valence-corrected chi connectivity index (χ3v) is 7.34. The van der Waals surface area contributed by atoms with Gasteiger partial charge in [-0.3, -0.25) is 9.59 Å². The molecule has 0 radical (unpaired) electrons. The highest BCUT2D eigenvalue weighted by Crippen LogP contribution is 2.41. The van der Waals surface area contributed by atoms with E-state index in [1.54, 1.807) is 17.0 Å². The van der Waals surface area contributed by atoms with E-state index in [1.807, 2.05) is 81.7 Å². The van der Waals surface area contributed by atoms with Gasteiger partial charge in [0.2, 0.25) is 0 Å². The first-order chi connectivity index (χ1) is 19.0. The number of carbonyl (C=O) groups is 2. The Labute approximate surface area is 237 Å². The first-order valence-electron chi connectivity index (χ1n) is 13.8. The number of ketones is 1. The molecule has 0 unspecified atom stereocenters. The zero-order valence-corrected chi connectivity index (χ0v) is 24.4. The van der Waals surface area contributed by atoms with Crippen molar-refractivity contribution in [1.82, 2.24) is 9.80 Å². The number of aliphatic hydroxyl groups is 1. The molecule has 1 aliphatic rings. The molecule has 1 fully saturated rings. The van der Waals surface area contributed by atoms with Crippen molar-refractivity contribution in [3.63, 3.8) is 0 Å². The summed E-state index contributed by atoms with van der Waals surface area (Å²) in [7, 11) is 3.96. The summed E-state index contributed by atoms with van der Waals surface area (Å²) in [6, 6.07) is 22.6. The molecule has 1 N–H and O–H groups in total. The van der Waals surface area contributed by atoms with E-state index in [0.29, 0.717) is 30.9 Å². The summed E-state index contributed by atoms with van der Waals surface area (Å²) >= 11 is 0. The lowest BCUT2D eigenvalue weighted by Crippen LogP contribution is -2.32. The predicted molar refractivity (Wildman–Crippen MR) is 159 cm³/mol. The second-order valence-electron chi connectivity index (χ2n) is 11.8. The molecule has 1 atom stereocenters.